The third kappa shape index (κ3) is 2.16. The number of nitrogens with zero attached hydrogens (tertiary/aromatic N) is 3. The lowest BCUT2D eigenvalue weighted by Crippen LogP contribution is -2.16. The first kappa shape index (κ1) is 11.7. The number of carbonyl (C=O) groups is 2. The predicted octanol–water partition coefficient (Wildman–Crippen LogP) is 0.630. The van der Waals surface area contributed by atoms with Gasteiger partial charge in [-0.2, -0.15) is 0 Å². The summed E-state index contributed by atoms with van der Waals surface area (Å²) in [5.74, 6) is -2.68. The minimum atomic E-state index is -1.44. The van der Waals surface area contributed by atoms with Crippen LogP contribution in [0.2, 0.25) is 0 Å². The lowest BCUT2D eigenvalue weighted by atomic mass is 10.2. The number of aromatic nitrogens is 2. The fourth-order valence-corrected chi connectivity index (χ4v) is 0.972. The van der Waals surface area contributed by atoms with E-state index in [1.54, 1.807) is 13.8 Å². The highest BCUT2D eigenvalue weighted by molar-refractivity contribution is 5.99. The molecule has 0 aliphatic carbocycles. The lowest BCUT2D eigenvalue weighted by Gasteiger charge is -2.04. The van der Waals surface area contributed by atoms with Crippen LogP contribution in [0.25, 0.3) is 0 Å². The molecule has 1 heterocycles. The van der Waals surface area contributed by atoms with Gasteiger partial charge in [-0.15, -0.1) is 4.91 Å². The summed E-state index contributed by atoms with van der Waals surface area (Å²) in [6, 6.07) is 0. The second-order valence-corrected chi connectivity index (χ2v) is 2.85. The molecule has 0 amide bonds. The number of rotatable bonds is 3. The molecule has 0 aromatic carbocycles. The summed E-state index contributed by atoms with van der Waals surface area (Å²) in [6.45, 7) is 3.08. The average Bonchev–Trinajstić information content (AvgIpc) is 2.21. The largest absolute Gasteiger partial charge is 0.476 e. The van der Waals surface area contributed by atoms with Crippen LogP contribution >= 0.6 is 0 Å². The zero-order chi connectivity index (χ0) is 12.3. The van der Waals surface area contributed by atoms with Crippen LogP contribution < -0.4 is 0 Å². The van der Waals surface area contributed by atoms with Crippen LogP contribution in [0.3, 0.4) is 0 Å². The van der Waals surface area contributed by atoms with E-state index in [0.29, 0.717) is 11.4 Å². The Morgan fingerprint density at radius 3 is 2.12 bits per heavy atom. The Balaban J connectivity index is 3.35. The van der Waals surface area contributed by atoms with Crippen molar-refractivity contribution in [2.24, 2.45) is 5.34 Å². The predicted molar refractivity (Wildman–Crippen MR) is 49.7 cm³/mol. The first-order valence-electron chi connectivity index (χ1n) is 4.10. The molecule has 0 spiro atoms. The van der Waals surface area contributed by atoms with Crippen molar-refractivity contribution in [2.75, 3.05) is 0 Å². The first-order valence-corrected chi connectivity index (χ1v) is 4.10. The molecule has 0 radical (unpaired) electrons. The molecule has 0 fully saturated rings. The zero-order valence-corrected chi connectivity index (χ0v) is 8.42. The van der Waals surface area contributed by atoms with Crippen LogP contribution in [0.4, 0.5) is 0 Å². The summed E-state index contributed by atoms with van der Waals surface area (Å²) in [5, 5.41) is 10.7. The molecule has 0 unspecified atom stereocenters. The normalized spacial score (nSPS) is 9.62. The number of carboxylic acid groups (broad SMARTS) is 1. The molecule has 0 atom stereocenters. The van der Waals surface area contributed by atoms with Crippen molar-refractivity contribution in [3.63, 3.8) is 0 Å². The molecule has 1 rings (SSSR count). The lowest BCUT2D eigenvalue weighted by molar-refractivity contribution is 0.0488. The highest BCUT2D eigenvalue weighted by Gasteiger charge is 2.23. The van der Waals surface area contributed by atoms with E-state index in [0.717, 1.165) is 0 Å². The van der Waals surface area contributed by atoms with E-state index >= 15 is 0 Å². The van der Waals surface area contributed by atoms with Crippen LogP contribution in [-0.2, 0) is 4.84 Å². The Morgan fingerprint density at radius 1 is 1.19 bits per heavy atom. The van der Waals surface area contributed by atoms with E-state index in [-0.39, 0.29) is 0 Å². The van der Waals surface area contributed by atoms with Crippen molar-refractivity contribution in [3.8, 4) is 0 Å². The van der Waals surface area contributed by atoms with E-state index in [9.17, 15) is 14.5 Å². The van der Waals surface area contributed by atoms with Gasteiger partial charge in [0.05, 0.1) is 11.4 Å². The van der Waals surface area contributed by atoms with Crippen LogP contribution in [0.15, 0.2) is 5.34 Å². The number of aryl methyl sites for hydroxylation is 2. The maximum absolute atomic E-state index is 11.2. The van der Waals surface area contributed by atoms with Crippen molar-refractivity contribution >= 4 is 11.9 Å². The monoisotopic (exact) mass is 225 g/mol. The van der Waals surface area contributed by atoms with Crippen LogP contribution in [0.5, 0.6) is 0 Å². The second kappa shape index (κ2) is 4.43. The highest BCUT2D eigenvalue weighted by Crippen LogP contribution is 2.09. The van der Waals surface area contributed by atoms with Crippen molar-refractivity contribution in [3.05, 3.63) is 27.7 Å². The maximum Gasteiger partial charge on any atom is 0.389 e. The molecule has 0 aliphatic heterocycles. The molecular formula is C8H7N3O5. The minimum Gasteiger partial charge on any atom is -0.476 e. The Labute approximate surface area is 89.2 Å². The van der Waals surface area contributed by atoms with E-state index < -0.39 is 23.3 Å². The van der Waals surface area contributed by atoms with Crippen LogP contribution in [-0.4, -0.2) is 27.0 Å². The van der Waals surface area contributed by atoms with Gasteiger partial charge in [0.15, 0.2) is 16.7 Å². The Bertz CT molecular complexity index is 471. The van der Waals surface area contributed by atoms with Crippen molar-refractivity contribution in [2.45, 2.75) is 13.8 Å². The zero-order valence-electron chi connectivity index (χ0n) is 8.42. The molecular weight excluding hydrogens is 218 g/mol. The third-order valence-corrected chi connectivity index (χ3v) is 1.82. The molecule has 0 aliphatic rings. The molecule has 84 valence electrons. The van der Waals surface area contributed by atoms with Crippen LogP contribution in [0.1, 0.15) is 32.4 Å². The third-order valence-electron chi connectivity index (χ3n) is 1.82. The smallest absolute Gasteiger partial charge is 0.389 e. The van der Waals surface area contributed by atoms with Gasteiger partial charge in [-0.25, -0.2) is 19.6 Å². The van der Waals surface area contributed by atoms with Gasteiger partial charge in [-0.3, -0.25) is 4.84 Å². The van der Waals surface area contributed by atoms with Gasteiger partial charge in [-0.1, -0.05) is 0 Å². The topological polar surface area (TPSA) is 119 Å². The molecule has 0 bridgehead atoms. The van der Waals surface area contributed by atoms with Gasteiger partial charge in [0.25, 0.3) is 0 Å². The minimum absolute atomic E-state index is 0.364. The molecule has 8 nitrogen and oxygen atoms in total. The number of carboxylic acids is 1. The van der Waals surface area contributed by atoms with Gasteiger partial charge in [0.1, 0.15) is 0 Å². The number of hydrogen-bond donors (Lipinski definition) is 1. The van der Waals surface area contributed by atoms with Gasteiger partial charge >= 0.3 is 11.9 Å². The van der Waals surface area contributed by atoms with Crippen LogP contribution in [0, 0.1) is 18.8 Å². The fraction of sp³-hybridized carbons (Fsp3) is 0.250. The summed E-state index contributed by atoms with van der Waals surface area (Å²) >= 11 is 0. The van der Waals surface area contributed by atoms with Crippen molar-refractivity contribution < 1.29 is 19.5 Å². The molecule has 8 heteroatoms. The van der Waals surface area contributed by atoms with Gasteiger partial charge in [0.2, 0.25) is 0 Å². The number of hydrogen-bond acceptors (Lipinski definition) is 7. The summed E-state index contributed by atoms with van der Waals surface area (Å²) in [6.07, 6.45) is 0. The molecule has 0 saturated carbocycles. The quantitative estimate of drug-likeness (QED) is 0.591. The molecule has 1 aromatic rings. The summed E-state index contributed by atoms with van der Waals surface area (Å²) in [4.78, 5) is 42.8. The Kier molecular flexibility index (Phi) is 3.24. The summed E-state index contributed by atoms with van der Waals surface area (Å²) in [5.41, 5.74) is -0.386. The standard InChI is InChI=1S/C8H7N3O5/c1-3-4(2)10-6(8(14)16-11-15)5(9-3)7(12)13/h1-2H3,(H,12,13). The van der Waals surface area contributed by atoms with E-state index in [1.165, 1.54) is 0 Å². The maximum atomic E-state index is 11.2. The summed E-state index contributed by atoms with van der Waals surface area (Å²) in [7, 11) is 0. The molecule has 0 saturated heterocycles. The van der Waals surface area contributed by atoms with E-state index in [4.69, 9.17) is 5.11 Å². The van der Waals surface area contributed by atoms with E-state index in [2.05, 4.69) is 14.8 Å². The second-order valence-electron chi connectivity index (χ2n) is 2.85. The van der Waals surface area contributed by atoms with Gasteiger partial charge in [-0.05, 0) is 13.8 Å². The Morgan fingerprint density at radius 2 is 1.69 bits per heavy atom. The molecule has 1 aromatic heterocycles. The first-order chi connectivity index (χ1) is 7.47. The fourth-order valence-electron chi connectivity index (χ4n) is 0.972. The number of carbonyl (C=O) groups excluding carboxylic acids is 1. The van der Waals surface area contributed by atoms with Crippen molar-refractivity contribution in [1.29, 1.82) is 0 Å². The molecule has 1 N–H and O–H groups in total. The average molecular weight is 225 g/mol. The SMILES string of the molecule is Cc1nc(C(=O)O)c(C(=O)ON=O)nc1C. The van der Waals surface area contributed by atoms with Crippen molar-refractivity contribution in [1.82, 2.24) is 9.97 Å². The van der Waals surface area contributed by atoms with Gasteiger partial charge < -0.3 is 5.11 Å². The van der Waals surface area contributed by atoms with Gasteiger partial charge in [0, 0.05) is 0 Å². The number of aromatic carboxylic acids is 1. The summed E-state index contributed by atoms with van der Waals surface area (Å²) < 4.78 is 0. The van der Waals surface area contributed by atoms with E-state index in [1.807, 2.05) is 5.34 Å². The molecule has 16 heavy (non-hydrogen) atoms. The Hall–Kier alpha value is -2.38. The highest BCUT2D eigenvalue weighted by atomic mass is 16.7.